The van der Waals surface area contributed by atoms with E-state index >= 15 is 0 Å². The summed E-state index contributed by atoms with van der Waals surface area (Å²) in [6, 6.07) is 0. The summed E-state index contributed by atoms with van der Waals surface area (Å²) in [6.07, 6.45) is 5.12. The second-order valence-electron chi connectivity index (χ2n) is 4.91. The van der Waals surface area contributed by atoms with Gasteiger partial charge in [-0.2, -0.15) is 0 Å². The zero-order chi connectivity index (χ0) is 12.7. The van der Waals surface area contributed by atoms with Crippen LogP contribution in [-0.2, 0) is 0 Å². The lowest BCUT2D eigenvalue weighted by molar-refractivity contribution is 1.80. The van der Waals surface area contributed by atoms with Gasteiger partial charge in [0, 0.05) is 2.74 Å². The largest absolute Gasteiger partial charge is 0.135 e. The molecule has 0 aromatic carbocycles. The lowest BCUT2D eigenvalue weighted by atomic mass is 10.8. The molecule has 0 heterocycles. The van der Waals surface area contributed by atoms with Crippen molar-refractivity contribution >= 4 is 16.1 Å². The van der Waals surface area contributed by atoms with E-state index in [4.69, 9.17) is 9.16 Å². The molecular formula is C11H22Si2. The molecule has 0 nitrogen and oxygen atoms in total. The Hall–Kier alpha value is -0.446. The molecule has 0 saturated heterocycles. The predicted molar refractivity (Wildman–Crippen MR) is 69.0 cm³/mol. The minimum atomic E-state index is -1.32. The van der Waals surface area contributed by atoms with E-state index in [2.05, 4.69) is 56.3 Å². The number of hydrogen-bond acceptors (Lipinski definition) is 0. The third-order valence-corrected chi connectivity index (χ3v) is 2.64. The standard InChI is InChI=1S/C6H12Si.C5H10Si/c1-5-6-7(2,3)4;1-5-6(2,3)4/h1-4H3;1H,2-4H3/i1D2;. The SMILES string of the molecule is C#C[Si](C)(C)C.[2H]C([2H])C#C[Si](C)(C)C. The highest BCUT2D eigenvalue weighted by Crippen LogP contribution is 1.95. The number of hydrogen-bond donors (Lipinski definition) is 0. The molecule has 0 radical (unpaired) electrons. The molecule has 0 saturated carbocycles. The fourth-order valence-corrected chi connectivity index (χ4v) is 0.650. The minimum absolute atomic E-state index is 0.961. The quantitative estimate of drug-likeness (QED) is 0.426. The van der Waals surface area contributed by atoms with E-state index in [0.717, 1.165) is 0 Å². The fourth-order valence-electron chi connectivity index (χ4n) is 0.217. The Kier molecular flexibility index (Phi) is 4.97. The normalized spacial score (nSPS) is 12.5. The molecule has 74 valence electrons. The molecule has 0 unspecified atom stereocenters. The van der Waals surface area contributed by atoms with E-state index in [-0.39, 0.29) is 0 Å². The van der Waals surface area contributed by atoms with Crippen molar-refractivity contribution in [2.45, 2.75) is 46.2 Å². The van der Waals surface area contributed by atoms with Crippen LogP contribution in [0, 0.1) is 23.4 Å². The van der Waals surface area contributed by atoms with Gasteiger partial charge in [0.1, 0.15) is 16.1 Å². The van der Waals surface area contributed by atoms with E-state index in [9.17, 15) is 0 Å². The highest BCUT2D eigenvalue weighted by molar-refractivity contribution is 6.84. The molecule has 0 aliphatic rings. The Bertz CT molecular complexity index is 266. The molecule has 0 spiro atoms. The number of terminal acetylenes is 1. The van der Waals surface area contributed by atoms with Crippen molar-refractivity contribution in [2.75, 3.05) is 0 Å². The van der Waals surface area contributed by atoms with Crippen molar-refractivity contribution in [1.82, 2.24) is 0 Å². The Labute approximate surface area is 89.0 Å². The van der Waals surface area contributed by atoms with Crippen molar-refractivity contribution in [3.05, 3.63) is 0 Å². The van der Waals surface area contributed by atoms with Gasteiger partial charge in [-0.3, -0.25) is 0 Å². The first kappa shape index (κ1) is 10.6. The van der Waals surface area contributed by atoms with Crippen LogP contribution in [0.15, 0.2) is 0 Å². The molecule has 0 aromatic rings. The summed E-state index contributed by atoms with van der Waals surface area (Å²) in [5, 5.41) is 0. The Morgan fingerprint density at radius 1 is 1.00 bits per heavy atom. The van der Waals surface area contributed by atoms with Gasteiger partial charge in [0.25, 0.3) is 0 Å². The van der Waals surface area contributed by atoms with Gasteiger partial charge >= 0.3 is 0 Å². The average molecular weight is 212 g/mol. The van der Waals surface area contributed by atoms with E-state index in [1.165, 1.54) is 0 Å². The van der Waals surface area contributed by atoms with Crippen LogP contribution in [-0.4, -0.2) is 16.1 Å². The van der Waals surface area contributed by atoms with Gasteiger partial charge < -0.3 is 0 Å². The molecule has 13 heavy (non-hydrogen) atoms. The molecule has 2 heteroatoms. The van der Waals surface area contributed by atoms with Gasteiger partial charge in [-0.1, -0.05) is 39.3 Å². The topological polar surface area (TPSA) is 0 Å². The molecule has 0 bridgehead atoms. The molecule has 0 aromatic heterocycles. The van der Waals surface area contributed by atoms with E-state index < -0.39 is 23.0 Å². The molecule has 0 atom stereocenters. The Morgan fingerprint density at radius 2 is 1.38 bits per heavy atom. The summed E-state index contributed by atoms with van der Waals surface area (Å²) in [5.74, 6) is 2.53. The average Bonchev–Trinajstić information content (AvgIpc) is 2.00. The highest BCUT2D eigenvalue weighted by atomic mass is 28.3. The zero-order valence-corrected chi connectivity index (χ0v) is 11.7. The predicted octanol–water partition coefficient (Wildman–Crippen LogP) is 3.38. The fraction of sp³-hybridized carbons (Fsp3) is 0.636. The van der Waals surface area contributed by atoms with Crippen molar-refractivity contribution < 1.29 is 2.74 Å². The molecule has 0 rings (SSSR count). The molecule has 0 N–H and O–H groups in total. The Balaban J connectivity index is 0. The van der Waals surface area contributed by atoms with Crippen molar-refractivity contribution in [3.63, 3.8) is 0 Å². The van der Waals surface area contributed by atoms with Gasteiger partial charge in [-0.05, 0) is 6.88 Å². The molecular weight excluding hydrogens is 188 g/mol. The zero-order valence-electron chi connectivity index (χ0n) is 11.7. The summed E-state index contributed by atoms with van der Waals surface area (Å²) in [5.41, 5.74) is 5.68. The minimum Gasteiger partial charge on any atom is -0.135 e. The first-order chi connectivity index (χ1) is 6.48. The van der Waals surface area contributed by atoms with Crippen LogP contribution in [0.3, 0.4) is 0 Å². The summed E-state index contributed by atoms with van der Waals surface area (Å²) < 4.78 is 13.5. The van der Waals surface area contributed by atoms with E-state index in [1.807, 2.05) is 0 Å². The second kappa shape index (κ2) is 6.08. The summed E-state index contributed by atoms with van der Waals surface area (Å²) in [4.78, 5) is 0. The summed E-state index contributed by atoms with van der Waals surface area (Å²) >= 11 is 0. The van der Waals surface area contributed by atoms with E-state index in [1.54, 1.807) is 0 Å². The molecule has 0 fully saturated rings. The third kappa shape index (κ3) is 24.6. The highest BCUT2D eigenvalue weighted by Gasteiger charge is 2.06. The third-order valence-electron chi connectivity index (χ3n) is 0.880. The van der Waals surface area contributed by atoms with Gasteiger partial charge in [0.2, 0.25) is 0 Å². The lowest BCUT2D eigenvalue weighted by Crippen LogP contribution is -2.15. The van der Waals surface area contributed by atoms with Crippen LogP contribution in [0.1, 0.15) is 9.62 Å². The van der Waals surface area contributed by atoms with Crippen LogP contribution in [0.25, 0.3) is 0 Å². The number of rotatable bonds is 0. The van der Waals surface area contributed by atoms with Crippen molar-refractivity contribution in [1.29, 1.82) is 0 Å². The monoisotopic (exact) mass is 212 g/mol. The van der Waals surface area contributed by atoms with Crippen LogP contribution in [0.4, 0.5) is 0 Å². The van der Waals surface area contributed by atoms with Gasteiger partial charge in [-0.25, -0.2) is 0 Å². The van der Waals surface area contributed by atoms with Crippen LogP contribution in [0.2, 0.25) is 39.3 Å². The van der Waals surface area contributed by atoms with Crippen LogP contribution >= 0.6 is 0 Å². The smallest absolute Gasteiger partial charge is 0.129 e. The van der Waals surface area contributed by atoms with Crippen LogP contribution < -0.4 is 0 Å². The first-order valence-electron chi connectivity index (χ1n) is 5.48. The van der Waals surface area contributed by atoms with Gasteiger partial charge in [0.05, 0.1) is 0 Å². The second-order valence-corrected chi connectivity index (χ2v) is 14.5. The molecule has 0 aliphatic carbocycles. The maximum absolute atomic E-state index is 6.77. The first-order valence-corrected chi connectivity index (χ1v) is 11.3. The van der Waals surface area contributed by atoms with Crippen molar-refractivity contribution in [2.24, 2.45) is 0 Å². The molecule has 0 amide bonds. The summed E-state index contributed by atoms with van der Waals surface area (Å²) in [6.45, 7) is 11.8. The maximum atomic E-state index is 6.77. The van der Waals surface area contributed by atoms with Crippen LogP contribution in [0.5, 0.6) is 0 Å². The van der Waals surface area contributed by atoms with E-state index in [0.29, 0.717) is 0 Å². The summed E-state index contributed by atoms with van der Waals surface area (Å²) in [7, 11) is -2.42. The van der Waals surface area contributed by atoms with Crippen molar-refractivity contribution in [3.8, 4) is 23.4 Å². The molecule has 0 aliphatic heterocycles. The van der Waals surface area contributed by atoms with Gasteiger partial charge in [-0.15, -0.1) is 23.4 Å². The maximum Gasteiger partial charge on any atom is 0.129 e. The van der Waals surface area contributed by atoms with Gasteiger partial charge in [0.15, 0.2) is 0 Å². The lowest BCUT2D eigenvalue weighted by Gasteiger charge is -2.01. The Morgan fingerprint density at radius 3 is 1.46 bits per heavy atom.